The highest BCUT2D eigenvalue weighted by Gasteiger charge is 2.22. The van der Waals surface area contributed by atoms with Gasteiger partial charge in [-0.1, -0.05) is 25.3 Å². The first-order valence-electron chi connectivity index (χ1n) is 15.0. The van der Waals surface area contributed by atoms with Crippen LogP contribution < -0.4 is 10.0 Å². The minimum atomic E-state index is -3.45. The van der Waals surface area contributed by atoms with Crippen molar-refractivity contribution in [1.29, 1.82) is 0 Å². The Kier molecular flexibility index (Phi) is 7.79. The average molecular weight is 639 g/mol. The molecule has 46 heavy (non-hydrogen) atoms. The van der Waals surface area contributed by atoms with Gasteiger partial charge in [0.2, 0.25) is 15.9 Å². The monoisotopic (exact) mass is 638 g/mol. The van der Waals surface area contributed by atoms with E-state index in [0.717, 1.165) is 54.0 Å². The molecule has 0 radical (unpaired) electrons. The third-order valence-electron chi connectivity index (χ3n) is 8.30. The highest BCUT2D eigenvalue weighted by molar-refractivity contribution is 7.88. The number of pyridine rings is 2. The summed E-state index contributed by atoms with van der Waals surface area (Å²) in [6.07, 6.45) is 11.3. The van der Waals surface area contributed by atoms with Gasteiger partial charge in [0.25, 0.3) is 0 Å². The number of rotatable bonds is 8. The van der Waals surface area contributed by atoms with Crippen LogP contribution in [0.3, 0.4) is 0 Å². The number of hydrogen-bond acceptors (Lipinski definition) is 7. The fourth-order valence-electron chi connectivity index (χ4n) is 6.04. The predicted molar refractivity (Wildman–Crippen MR) is 174 cm³/mol. The molecular formula is C33H31FN8O3S. The number of H-pyrrole nitrogens is 2. The van der Waals surface area contributed by atoms with Gasteiger partial charge in [0.1, 0.15) is 11.5 Å². The maximum absolute atomic E-state index is 14.6. The van der Waals surface area contributed by atoms with E-state index >= 15 is 0 Å². The zero-order valence-corrected chi connectivity index (χ0v) is 25.8. The van der Waals surface area contributed by atoms with Crippen molar-refractivity contribution in [2.75, 3.05) is 11.6 Å². The molecule has 1 fully saturated rings. The molecule has 0 unspecified atom stereocenters. The summed E-state index contributed by atoms with van der Waals surface area (Å²) in [5.74, 6) is 0.0656. The number of fused-ring (bicyclic) bond motifs is 2. The van der Waals surface area contributed by atoms with E-state index in [4.69, 9.17) is 4.98 Å². The molecular weight excluding hydrogens is 607 g/mol. The molecule has 1 saturated carbocycles. The Balaban J connectivity index is 1.21. The second kappa shape index (κ2) is 12.1. The molecule has 13 heteroatoms. The number of nitrogens with zero attached hydrogens (tertiary/aromatic N) is 4. The summed E-state index contributed by atoms with van der Waals surface area (Å²) in [7, 11) is -3.45. The molecule has 1 amide bonds. The number of imidazole rings is 1. The Labute approximate surface area is 264 Å². The van der Waals surface area contributed by atoms with Crippen LogP contribution in [-0.4, -0.2) is 50.7 Å². The second-order valence-electron chi connectivity index (χ2n) is 11.7. The quantitative estimate of drug-likeness (QED) is 0.161. The Hall–Kier alpha value is -5.01. The number of sulfonamides is 1. The number of hydrogen-bond donors (Lipinski definition) is 4. The van der Waals surface area contributed by atoms with Crippen molar-refractivity contribution in [3.05, 3.63) is 78.5 Å². The van der Waals surface area contributed by atoms with E-state index in [-0.39, 0.29) is 18.4 Å². The van der Waals surface area contributed by atoms with Crippen LogP contribution in [0, 0.1) is 11.7 Å². The first-order chi connectivity index (χ1) is 22.2. The van der Waals surface area contributed by atoms with Crippen LogP contribution in [0.15, 0.2) is 67.1 Å². The highest BCUT2D eigenvalue weighted by atomic mass is 32.2. The molecule has 4 aromatic heterocycles. The molecule has 1 aliphatic carbocycles. The molecule has 0 bridgehead atoms. The molecule has 2 aromatic carbocycles. The van der Waals surface area contributed by atoms with Gasteiger partial charge in [0.15, 0.2) is 11.5 Å². The summed E-state index contributed by atoms with van der Waals surface area (Å²) in [6.45, 7) is -0.0427. The summed E-state index contributed by atoms with van der Waals surface area (Å²) < 4.78 is 40.2. The summed E-state index contributed by atoms with van der Waals surface area (Å²) in [6, 6.07) is 14.0. The lowest BCUT2D eigenvalue weighted by molar-refractivity contribution is -0.120. The summed E-state index contributed by atoms with van der Waals surface area (Å²) in [4.78, 5) is 29.7. The molecule has 0 aliphatic heterocycles. The van der Waals surface area contributed by atoms with E-state index in [1.165, 1.54) is 18.6 Å². The smallest absolute Gasteiger partial charge is 0.227 e. The lowest BCUT2D eigenvalue weighted by Crippen LogP contribution is -2.24. The Bertz CT molecular complexity index is 2210. The molecule has 6 aromatic rings. The number of aromatic amines is 2. The van der Waals surface area contributed by atoms with Crippen LogP contribution in [0.5, 0.6) is 0 Å². The first kappa shape index (κ1) is 29.7. The largest absolute Gasteiger partial charge is 0.335 e. The number of amides is 1. The molecule has 11 nitrogen and oxygen atoms in total. The summed E-state index contributed by atoms with van der Waals surface area (Å²) in [5, 5.41) is 11.5. The van der Waals surface area contributed by atoms with Gasteiger partial charge in [-0.05, 0) is 72.0 Å². The number of anilines is 1. The van der Waals surface area contributed by atoms with Gasteiger partial charge in [-0.15, -0.1) is 0 Å². The van der Waals surface area contributed by atoms with Gasteiger partial charge >= 0.3 is 0 Å². The van der Waals surface area contributed by atoms with Gasteiger partial charge in [-0.25, -0.2) is 27.5 Å². The minimum Gasteiger partial charge on any atom is -0.335 e. The molecule has 0 saturated heterocycles. The second-order valence-corrected chi connectivity index (χ2v) is 13.5. The van der Waals surface area contributed by atoms with Crippen LogP contribution in [0.2, 0.25) is 0 Å². The van der Waals surface area contributed by atoms with Gasteiger partial charge in [-0.3, -0.25) is 14.9 Å². The van der Waals surface area contributed by atoms with E-state index in [9.17, 15) is 17.6 Å². The Morgan fingerprint density at radius 2 is 1.85 bits per heavy atom. The molecule has 234 valence electrons. The van der Waals surface area contributed by atoms with E-state index < -0.39 is 15.8 Å². The number of aromatic nitrogens is 6. The van der Waals surface area contributed by atoms with Crippen LogP contribution in [0.25, 0.3) is 55.8 Å². The van der Waals surface area contributed by atoms with Crippen molar-refractivity contribution in [2.24, 2.45) is 5.92 Å². The topological polar surface area (TPSA) is 158 Å². The zero-order valence-electron chi connectivity index (χ0n) is 25.0. The average Bonchev–Trinajstić information content (AvgIpc) is 3.68. The van der Waals surface area contributed by atoms with Crippen LogP contribution in [0.1, 0.15) is 37.7 Å². The van der Waals surface area contributed by atoms with Gasteiger partial charge in [0.05, 0.1) is 29.2 Å². The minimum absolute atomic E-state index is 0.0425. The third kappa shape index (κ3) is 6.24. The normalized spacial score (nSPS) is 14.2. The van der Waals surface area contributed by atoms with Gasteiger partial charge < -0.3 is 10.3 Å². The lowest BCUT2D eigenvalue weighted by atomic mass is 9.88. The molecule has 7 rings (SSSR count). The molecule has 4 heterocycles. The molecule has 1 aliphatic rings. The zero-order chi connectivity index (χ0) is 31.8. The van der Waals surface area contributed by atoms with Gasteiger partial charge in [0, 0.05) is 41.4 Å². The standard InChI is InChI=1S/C33H31FN8O3S/c1-46(44,45)37-16-19-11-22(13-24(34)12-19)26-9-10-36-31-29(26)39-32(40-31)30-27-15-21(7-8-28(27)41-42-30)23-14-25(18-35-17-23)38-33(43)20-5-3-2-4-6-20/h7-15,17-18,20,37H,2-6,16H2,1H3,(H,38,43)(H,41,42)(H,36,39,40). The molecule has 0 spiro atoms. The number of nitrogens with one attached hydrogen (secondary N) is 4. The SMILES string of the molecule is CS(=O)(=O)NCc1cc(F)cc(-c2ccnc3nc(-c4n[nH]c5ccc(-c6cncc(NC(=O)C7CCCCC7)c6)cc45)[nH]c23)c1. The Morgan fingerprint density at radius 3 is 2.67 bits per heavy atom. The first-order valence-corrected chi connectivity index (χ1v) is 16.9. The highest BCUT2D eigenvalue weighted by Crippen LogP contribution is 2.34. The fraction of sp³-hybridized carbons (Fsp3) is 0.242. The van der Waals surface area contributed by atoms with Crippen molar-refractivity contribution >= 4 is 43.7 Å². The third-order valence-corrected chi connectivity index (χ3v) is 8.97. The molecule has 4 N–H and O–H groups in total. The molecule has 0 atom stereocenters. The summed E-state index contributed by atoms with van der Waals surface area (Å²) in [5.41, 5.74) is 6.45. The Morgan fingerprint density at radius 1 is 1.00 bits per heavy atom. The maximum atomic E-state index is 14.6. The fourth-order valence-corrected chi connectivity index (χ4v) is 6.46. The van der Waals surface area contributed by atoms with Crippen molar-refractivity contribution in [3.63, 3.8) is 0 Å². The number of benzene rings is 2. The number of halogens is 1. The number of carbonyl (C=O) groups is 1. The van der Waals surface area contributed by atoms with Crippen molar-refractivity contribution in [2.45, 2.75) is 38.6 Å². The van der Waals surface area contributed by atoms with Crippen molar-refractivity contribution in [1.82, 2.24) is 34.9 Å². The van der Waals surface area contributed by atoms with E-state index in [1.54, 1.807) is 30.7 Å². The van der Waals surface area contributed by atoms with E-state index in [2.05, 4.69) is 35.2 Å². The summed E-state index contributed by atoms with van der Waals surface area (Å²) >= 11 is 0. The lowest BCUT2D eigenvalue weighted by Gasteiger charge is -2.20. The maximum Gasteiger partial charge on any atom is 0.227 e. The van der Waals surface area contributed by atoms with Crippen molar-refractivity contribution in [3.8, 4) is 33.8 Å². The van der Waals surface area contributed by atoms with E-state index in [0.29, 0.717) is 45.1 Å². The van der Waals surface area contributed by atoms with E-state index in [1.807, 2.05) is 24.3 Å². The van der Waals surface area contributed by atoms with Gasteiger partial charge in [-0.2, -0.15) is 5.10 Å². The van der Waals surface area contributed by atoms with Crippen LogP contribution >= 0.6 is 0 Å². The van der Waals surface area contributed by atoms with Crippen LogP contribution in [-0.2, 0) is 21.4 Å². The van der Waals surface area contributed by atoms with Crippen molar-refractivity contribution < 1.29 is 17.6 Å². The predicted octanol–water partition coefficient (Wildman–Crippen LogP) is 5.94. The van der Waals surface area contributed by atoms with Crippen LogP contribution in [0.4, 0.5) is 10.1 Å². The number of carbonyl (C=O) groups excluding carboxylic acids is 1.